The van der Waals surface area contributed by atoms with E-state index in [-0.39, 0.29) is 12.4 Å². The molecule has 4 heteroatoms. The summed E-state index contributed by atoms with van der Waals surface area (Å²) in [7, 11) is 0. The van der Waals surface area contributed by atoms with Gasteiger partial charge in [-0.3, -0.25) is 0 Å². The van der Waals surface area contributed by atoms with E-state index in [1.165, 1.54) is 19.1 Å². The molecule has 0 aromatic heterocycles. The van der Waals surface area contributed by atoms with Crippen LogP contribution in [0.3, 0.4) is 0 Å². The largest absolute Gasteiger partial charge is 0.509 e. The fraction of sp³-hybridized carbons (Fsp3) is 0.455. The minimum atomic E-state index is -1.38. The van der Waals surface area contributed by atoms with E-state index in [1.54, 1.807) is 6.92 Å². The Morgan fingerprint density at radius 2 is 2.40 bits per heavy atom. The Labute approximate surface area is 97.3 Å². The van der Waals surface area contributed by atoms with Crippen molar-refractivity contribution in [2.45, 2.75) is 25.6 Å². The van der Waals surface area contributed by atoms with Crippen molar-refractivity contribution in [1.82, 2.24) is 0 Å². The number of ether oxygens (including phenoxy) is 1. The molecule has 2 unspecified atom stereocenters. The topological polar surface area (TPSA) is 29.5 Å². The lowest BCUT2D eigenvalue weighted by molar-refractivity contribution is -0.0588. The first-order valence-corrected chi connectivity index (χ1v) is 5.36. The predicted octanol–water partition coefficient (Wildman–Crippen LogP) is 3.41. The Balaban J connectivity index is 2.84. The Bertz CT molecular complexity index is 335. The van der Waals surface area contributed by atoms with Crippen molar-refractivity contribution in [3.8, 4) is 0 Å². The van der Waals surface area contributed by atoms with Crippen LogP contribution in [-0.4, -0.2) is 23.5 Å². The second-order valence-electron chi connectivity index (χ2n) is 3.84. The van der Waals surface area contributed by atoms with Crippen LogP contribution in [0.4, 0.5) is 4.39 Å². The molecule has 0 fully saturated rings. The van der Waals surface area contributed by atoms with Gasteiger partial charge in [-0.2, -0.15) is 0 Å². The van der Waals surface area contributed by atoms with Crippen LogP contribution in [0.1, 0.15) is 13.8 Å². The summed E-state index contributed by atoms with van der Waals surface area (Å²) >= 11 is 3.11. The lowest BCUT2D eigenvalue weighted by Crippen LogP contribution is -2.42. The average molecular weight is 277 g/mol. The van der Waals surface area contributed by atoms with E-state index >= 15 is 0 Å². The van der Waals surface area contributed by atoms with Crippen molar-refractivity contribution >= 4 is 15.9 Å². The van der Waals surface area contributed by atoms with E-state index in [1.807, 2.05) is 0 Å². The predicted molar refractivity (Wildman–Crippen MR) is 61.8 cm³/mol. The van der Waals surface area contributed by atoms with Crippen molar-refractivity contribution < 1.29 is 14.2 Å². The van der Waals surface area contributed by atoms with Crippen LogP contribution in [0, 0.1) is 0 Å². The highest BCUT2D eigenvalue weighted by molar-refractivity contribution is 9.11. The summed E-state index contributed by atoms with van der Waals surface area (Å²) < 4.78 is 19.6. The Hall–Kier alpha value is -0.610. The minimum absolute atomic E-state index is 0.120. The van der Waals surface area contributed by atoms with Crippen LogP contribution in [-0.2, 0) is 4.74 Å². The van der Waals surface area contributed by atoms with Gasteiger partial charge in [-0.05, 0) is 26.0 Å². The first-order chi connectivity index (χ1) is 6.86. The number of aliphatic hydroxyl groups is 1. The monoisotopic (exact) mass is 276 g/mol. The molecule has 1 aliphatic rings. The molecule has 84 valence electrons. The first kappa shape index (κ1) is 12.5. The maximum Gasteiger partial charge on any atom is 0.157 e. The van der Waals surface area contributed by atoms with Crippen molar-refractivity contribution in [2.24, 2.45) is 0 Å². The molecule has 1 aliphatic carbocycles. The third-order valence-corrected chi connectivity index (χ3v) is 2.73. The molecule has 0 bridgehead atoms. The molecule has 0 aromatic carbocycles. The van der Waals surface area contributed by atoms with Crippen LogP contribution in [0.2, 0.25) is 0 Å². The molecule has 0 aliphatic heterocycles. The van der Waals surface area contributed by atoms with Gasteiger partial charge >= 0.3 is 0 Å². The van der Waals surface area contributed by atoms with Gasteiger partial charge in [0, 0.05) is 4.48 Å². The molecular weight excluding hydrogens is 263 g/mol. The van der Waals surface area contributed by atoms with E-state index in [0.29, 0.717) is 4.48 Å². The van der Waals surface area contributed by atoms with E-state index in [2.05, 4.69) is 22.5 Å². The van der Waals surface area contributed by atoms with Crippen LogP contribution < -0.4 is 0 Å². The molecule has 1 N–H and O–H groups in total. The molecular formula is C11H14BrFO2. The molecule has 0 aromatic rings. The Kier molecular flexibility index (Phi) is 3.73. The second kappa shape index (κ2) is 4.49. The van der Waals surface area contributed by atoms with Gasteiger partial charge in [-0.25, -0.2) is 4.39 Å². The van der Waals surface area contributed by atoms with Gasteiger partial charge in [0.2, 0.25) is 0 Å². The first-order valence-electron chi connectivity index (χ1n) is 4.57. The molecule has 0 amide bonds. The number of allylic oxidation sites excluding steroid dienone is 2. The summed E-state index contributed by atoms with van der Waals surface area (Å²) in [5.41, 5.74) is -0.527. The summed E-state index contributed by atoms with van der Waals surface area (Å²) in [6, 6.07) is 0. The number of rotatable bonds is 3. The van der Waals surface area contributed by atoms with Gasteiger partial charge in [0.25, 0.3) is 0 Å². The quantitative estimate of drug-likeness (QED) is 0.801. The van der Waals surface area contributed by atoms with Crippen molar-refractivity contribution in [3.63, 3.8) is 0 Å². The zero-order chi connectivity index (χ0) is 11.6. The number of aliphatic hydroxyl groups excluding tert-OH is 1. The van der Waals surface area contributed by atoms with Gasteiger partial charge in [-0.1, -0.05) is 28.1 Å². The minimum Gasteiger partial charge on any atom is -0.509 e. The molecule has 15 heavy (non-hydrogen) atoms. The van der Waals surface area contributed by atoms with Crippen LogP contribution in [0.5, 0.6) is 0 Å². The highest BCUT2D eigenvalue weighted by atomic mass is 79.9. The van der Waals surface area contributed by atoms with Crippen LogP contribution in [0.25, 0.3) is 0 Å². The highest BCUT2D eigenvalue weighted by Gasteiger charge is 2.41. The average Bonchev–Trinajstić information content (AvgIpc) is 2.11. The summed E-state index contributed by atoms with van der Waals surface area (Å²) in [4.78, 5) is 0. The van der Waals surface area contributed by atoms with Gasteiger partial charge in [-0.15, -0.1) is 0 Å². The lowest BCUT2D eigenvalue weighted by Gasteiger charge is -2.33. The number of hydrogen-bond donors (Lipinski definition) is 1. The molecule has 0 saturated carbocycles. The van der Waals surface area contributed by atoms with Gasteiger partial charge in [0.1, 0.15) is 5.76 Å². The summed E-state index contributed by atoms with van der Waals surface area (Å²) in [5.74, 6) is -0.120. The standard InChI is InChI=1S/C11H14BrFO2/c1-7(2)6-15-11(3)9(13)4-8(12)5-10(11)14/h4-5,9,14H,1,6H2,2-3H3. The van der Waals surface area contributed by atoms with Crippen molar-refractivity contribution in [3.05, 3.63) is 34.5 Å². The summed E-state index contributed by atoms with van der Waals surface area (Å²) in [6.45, 7) is 7.18. The molecule has 2 atom stereocenters. The van der Waals surface area contributed by atoms with Gasteiger partial charge < -0.3 is 9.84 Å². The smallest absolute Gasteiger partial charge is 0.157 e. The van der Waals surface area contributed by atoms with Crippen molar-refractivity contribution in [1.29, 1.82) is 0 Å². The number of hydrogen-bond acceptors (Lipinski definition) is 2. The maximum atomic E-state index is 13.7. The highest BCUT2D eigenvalue weighted by Crippen LogP contribution is 2.34. The molecule has 2 nitrogen and oxygen atoms in total. The molecule has 1 rings (SSSR count). The molecule has 0 radical (unpaired) electrons. The third kappa shape index (κ3) is 2.69. The lowest BCUT2D eigenvalue weighted by atomic mass is 9.93. The maximum absolute atomic E-state index is 13.7. The van der Waals surface area contributed by atoms with Crippen molar-refractivity contribution in [2.75, 3.05) is 6.61 Å². The SMILES string of the molecule is C=C(C)COC1(C)C(O)=CC(Br)=CC1F. The fourth-order valence-corrected chi connectivity index (χ4v) is 1.64. The van der Waals surface area contributed by atoms with E-state index in [9.17, 15) is 9.50 Å². The van der Waals surface area contributed by atoms with E-state index in [4.69, 9.17) is 4.74 Å². The number of halogens is 2. The van der Waals surface area contributed by atoms with Crippen LogP contribution >= 0.6 is 15.9 Å². The van der Waals surface area contributed by atoms with E-state index in [0.717, 1.165) is 5.57 Å². The van der Waals surface area contributed by atoms with Crippen LogP contribution in [0.15, 0.2) is 34.5 Å². The second-order valence-corrected chi connectivity index (χ2v) is 4.75. The normalized spacial score (nSPS) is 30.8. The fourth-order valence-electron chi connectivity index (χ4n) is 1.19. The third-order valence-electron chi connectivity index (χ3n) is 2.23. The Morgan fingerprint density at radius 1 is 1.80 bits per heavy atom. The zero-order valence-corrected chi connectivity index (χ0v) is 10.3. The summed E-state index contributed by atoms with van der Waals surface area (Å²) in [5, 5.41) is 9.68. The molecule has 0 heterocycles. The van der Waals surface area contributed by atoms with E-state index < -0.39 is 11.8 Å². The molecule has 0 saturated heterocycles. The molecule has 0 spiro atoms. The summed E-state index contributed by atoms with van der Waals surface area (Å²) in [6.07, 6.45) is 1.42. The Morgan fingerprint density at radius 3 is 2.87 bits per heavy atom. The number of alkyl halides is 1. The van der Waals surface area contributed by atoms with Gasteiger partial charge in [0.05, 0.1) is 6.61 Å². The van der Waals surface area contributed by atoms with Gasteiger partial charge in [0.15, 0.2) is 11.8 Å². The zero-order valence-electron chi connectivity index (χ0n) is 8.76.